The number of carbonyl (C=O) groups excluding carboxylic acids is 3. The molecule has 0 saturated heterocycles. The zero-order chi connectivity index (χ0) is 23.3. The van der Waals surface area contributed by atoms with Gasteiger partial charge in [-0.2, -0.15) is 0 Å². The number of hydrogen-bond donors (Lipinski definition) is 4. The number of amides is 3. The van der Waals surface area contributed by atoms with E-state index in [0.29, 0.717) is 42.1 Å². The number of nitrogens with zero attached hydrogens (tertiary/aromatic N) is 1. The standard InChI is InChI=1S/C22H29N5O5/c1-3-32-22(30)27-19(21(29)25-15-12-16(31-2)14-24-13-15)10-6-7-11-20(28)26-18-9-5-4-8-17(18)23/h4-5,8-9,12-14,19H,3,6-7,10-11,23H2,1-2H3,(H,25,29)(H,26,28)(H,27,30). The second-order valence-electron chi connectivity index (χ2n) is 6.90. The maximum atomic E-state index is 12.7. The molecular formula is C22H29N5O5. The predicted octanol–water partition coefficient (Wildman–Crippen LogP) is 2.92. The van der Waals surface area contributed by atoms with E-state index in [1.165, 1.54) is 19.5 Å². The van der Waals surface area contributed by atoms with Gasteiger partial charge in [-0.1, -0.05) is 18.6 Å². The quantitative estimate of drug-likeness (QED) is 0.309. The predicted molar refractivity (Wildman–Crippen MR) is 121 cm³/mol. The largest absolute Gasteiger partial charge is 0.495 e. The Morgan fingerprint density at radius 3 is 2.62 bits per heavy atom. The Morgan fingerprint density at radius 2 is 1.91 bits per heavy atom. The molecule has 1 aromatic heterocycles. The van der Waals surface area contributed by atoms with Gasteiger partial charge in [0.15, 0.2) is 0 Å². The average Bonchev–Trinajstić information content (AvgIpc) is 2.77. The number of aromatic nitrogens is 1. The van der Waals surface area contributed by atoms with Crippen LogP contribution in [-0.2, 0) is 14.3 Å². The third-order valence-electron chi connectivity index (χ3n) is 4.48. The normalized spacial score (nSPS) is 11.2. The number of unbranched alkanes of at least 4 members (excludes halogenated alkanes) is 1. The summed E-state index contributed by atoms with van der Waals surface area (Å²) in [5.74, 6) is -0.109. The van der Waals surface area contributed by atoms with Gasteiger partial charge in [-0.15, -0.1) is 0 Å². The number of nitrogens with two attached hydrogens (primary N) is 1. The molecule has 172 valence electrons. The summed E-state index contributed by atoms with van der Waals surface area (Å²) in [7, 11) is 1.50. The van der Waals surface area contributed by atoms with Gasteiger partial charge in [0.05, 0.1) is 43.2 Å². The van der Waals surface area contributed by atoms with Crippen molar-refractivity contribution >= 4 is 35.0 Å². The van der Waals surface area contributed by atoms with Crippen molar-refractivity contribution < 1.29 is 23.9 Å². The fourth-order valence-corrected chi connectivity index (χ4v) is 2.87. The number of carbonyl (C=O) groups is 3. The highest BCUT2D eigenvalue weighted by atomic mass is 16.5. The molecule has 2 aromatic rings. The Hall–Kier alpha value is -3.82. The van der Waals surface area contributed by atoms with Gasteiger partial charge >= 0.3 is 6.09 Å². The van der Waals surface area contributed by atoms with Crippen molar-refractivity contribution in [3.8, 4) is 5.75 Å². The van der Waals surface area contributed by atoms with E-state index in [-0.39, 0.29) is 18.9 Å². The van der Waals surface area contributed by atoms with Crippen LogP contribution in [0.3, 0.4) is 0 Å². The molecule has 0 bridgehead atoms. The van der Waals surface area contributed by atoms with Crippen LogP contribution in [0.25, 0.3) is 0 Å². The SMILES string of the molecule is CCOC(=O)NC(CCCCC(=O)Nc1ccccc1N)C(=O)Nc1cncc(OC)c1. The van der Waals surface area contributed by atoms with Gasteiger partial charge in [-0.25, -0.2) is 4.79 Å². The van der Waals surface area contributed by atoms with Crippen LogP contribution in [0.2, 0.25) is 0 Å². The number of methoxy groups -OCH3 is 1. The van der Waals surface area contributed by atoms with Crippen molar-refractivity contribution in [1.82, 2.24) is 10.3 Å². The number of benzene rings is 1. The summed E-state index contributed by atoms with van der Waals surface area (Å²) in [5, 5.41) is 8.03. The molecule has 0 fully saturated rings. The Balaban J connectivity index is 1.88. The molecule has 32 heavy (non-hydrogen) atoms. The van der Waals surface area contributed by atoms with Gasteiger partial charge in [0, 0.05) is 12.5 Å². The van der Waals surface area contributed by atoms with E-state index in [1.807, 2.05) is 0 Å². The topological polar surface area (TPSA) is 145 Å². The molecule has 0 radical (unpaired) electrons. The van der Waals surface area contributed by atoms with Gasteiger partial charge in [0.1, 0.15) is 11.8 Å². The zero-order valence-electron chi connectivity index (χ0n) is 18.2. The van der Waals surface area contributed by atoms with Gasteiger partial charge in [-0.3, -0.25) is 14.6 Å². The number of nitrogens with one attached hydrogen (secondary N) is 3. The van der Waals surface area contributed by atoms with Crippen LogP contribution in [-0.4, -0.2) is 42.7 Å². The minimum Gasteiger partial charge on any atom is -0.495 e. The Bertz CT molecular complexity index is 921. The molecule has 10 heteroatoms. The van der Waals surface area contributed by atoms with E-state index in [2.05, 4.69) is 20.9 Å². The fraction of sp³-hybridized carbons (Fsp3) is 0.364. The van der Waals surface area contributed by atoms with Crippen molar-refractivity contribution in [2.75, 3.05) is 30.1 Å². The molecule has 0 spiro atoms. The van der Waals surface area contributed by atoms with E-state index < -0.39 is 18.0 Å². The van der Waals surface area contributed by atoms with E-state index in [9.17, 15) is 14.4 Å². The lowest BCUT2D eigenvalue weighted by atomic mass is 10.1. The molecule has 10 nitrogen and oxygen atoms in total. The number of rotatable bonds is 11. The Morgan fingerprint density at radius 1 is 1.12 bits per heavy atom. The molecule has 2 rings (SSSR count). The van der Waals surface area contributed by atoms with Gasteiger partial charge in [-0.05, 0) is 31.9 Å². The lowest BCUT2D eigenvalue weighted by Gasteiger charge is -2.18. The fourth-order valence-electron chi connectivity index (χ4n) is 2.87. The summed E-state index contributed by atoms with van der Waals surface area (Å²) >= 11 is 0. The van der Waals surface area contributed by atoms with Crippen molar-refractivity contribution in [3.63, 3.8) is 0 Å². The Labute approximate surface area is 186 Å². The highest BCUT2D eigenvalue weighted by molar-refractivity contribution is 5.96. The minimum atomic E-state index is -0.840. The van der Waals surface area contributed by atoms with E-state index in [1.54, 1.807) is 37.3 Å². The van der Waals surface area contributed by atoms with Crippen LogP contribution >= 0.6 is 0 Å². The number of hydrogen-bond acceptors (Lipinski definition) is 7. The molecule has 1 atom stereocenters. The van der Waals surface area contributed by atoms with Crippen LogP contribution in [0.5, 0.6) is 5.75 Å². The smallest absolute Gasteiger partial charge is 0.407 e. The average molecular weight is 444 g/mol. The molecule has 0 aliphatic carbocycles. The van der Waals surface area contributed by atoms with E-state index in [4.69, 9.17) is 15.2 Å². The lowest BCUT2D eigenvalue weighted by molar-refractivity contribution is -0.118. The summed E-state index contributed by atoms with van der Waals surface area (Å²) in [6.07, 6.45) is 3.92. The zero-order valence-corrected chi connectivity index (χ0v) is 18.2. The second-order valence-corrected chi connectivity index (χ2v) is 6.90. The number of anilines is 3. The van der Waals surface area contributed by atoms with Crippen molar-refractivity contribution in [3.05, 3.63) is 42.7 Å². The molecule has 0 aliphatic heterocycles. The van der Waals surface area contributed by atoms with Crippen LogP contribution in [0, 0.1) is 0 Å². The minimum absolute atomic E-state index is 0.176. The van der Waals surface area contributed by atoms with Crippen molar-refractivity contribution in [2.24, 2.45) is 0 Å². The van der Waals surface area contributed by atoms with Crippen LogP contribution < -0.4 is 26.4 Å². The first-order chi connectivity index (χ1) is 15.4. The first-order valence-electron chi connectivity index (χ1n) is 10.3. The van der Waals surface area contributed by atoms with Crippen molar-refractivity contribution in [2.45, 2.75) is 38.6 Å². The molecule has 3 amide bonds. The highest BCUT2D eigenvalue weighted by Gasteiger charge is 2.21. The molecule has 5 N–H and O–H groups in total. The number of ether oxygens (including phenoxy) is 2. The van der Waals surface area contributed by atoms with Gasteiger partial charge in [0.25, 0.3) is 0 Å². The monoisotopic (exact) mass is 443 g/mol. The molecule has 0 aliphatic rings. The molecule has 0 saturated carbocycles. The maximum absolute atomic E-state index is 12.7. The summed E-state index contributed by atoms with van der Waals surface area (Å²) in [6, 6.07) is 7.78. The van der Waals surface area contributed by atoms with E-state index in [0.717, 1.165) is 0 Å². The summed E-state index contributed by atoms with van der Waals surface area (Å²) in [6.45, 7) is 1.86. The molecular weight excluding hydrogens is 414 g/mol. The maximum Gasteiger partial charge on any atom is 0.407 e. The third kappa shape index (κ3) is 8.13. The summed E-state index contributed by atoms with van der Waals surface area (Å²) < 4.78 is 9.99. The second kappa shape index (κ2) is 12.8. The number of nitrogen functional groups attached to an aromatic ring is 1. The summed E-state index contributed by atoms with van der Waals surface area (Å²) in [4.78, 5) is 40.7. The number of pyridine rings is 1. The molecule has 1 heterocycles. The summed E-state index contributed by atoms with van der Waals surface area (Å²) in [5.41, 5.74) is 7.31. The number of para-hydroxylation sites is 2. The van der Waals surface area contributed by atoms with Gasteiger partial charge in [0.2, 0.25) is 11.8 Å². The Kier molecular flexibility index (Phi) is 9.76. The van der Waals surface area contributed by atoms with Crippen molar-refractivity contribution in [1.29, 1.82) is 0 Å². The first-order valence-corrected chi connectivity index (χ1v) is 10.3. The van der Waals surface area contributed by atoms with Crippen LogP contribution in [0.15, 0.2) is 42.7 Å². The molecule has 1 aromatic carbocycles. The number of alkyl carbamates (subject to hydrolysis) is 1. The van der Waals surface area contributed by atoms with Crippen LogP contribution in [0.1, 0.15) is 32.6 Å². The van der Waals surface area contributed by atoms with E-state index >= 15 is 0 Å². The lowest BCUT2D eigenvalue weighted by Crippen LogP contribution is -2.44. The third-order valence-corrected chi connectivity index (χ3v) is 4.48. The van der Waals surface area contributed by atoms with Gasteiger partial charge < -0.3 is 31.2 Å². The van der Waals surface area contributed by atoms with Crippen LogP contribution in [0.4, 0.5) is 21.9 Å². The highest BCUT2D eigenvalue weighted by Crippen LogP contribution is 2.18. The first kappa shape index (κ1) is 24.4. The molecule has 1 unspecified atom stereocenters.